The van der Waals surface area contributed by atoms with Gasteiger partial charge < -0.3 is 14.6 Å². The number of anilines is 1. The van der Waals surface area contributed by atoms with Crippen LogP contribution in [0.4, 0.5) is 5.95 Å². The van der Waals surface area contributed by atoms with Crippen LogP contribution in [0.2, 0.25) is 0 Å². The van der Waals surface area contributed by atoms with Crippen LogP contribution in [0.3, 0.4) is 0 Å². The van der Waals surface area contributed by atoms with Crippen molar-refractivity contribution in [2.24, 2.45) is 0 Å². The van der Waals surface area contributed by atoms with Crippen molar-refractivity contribution in [3.63, 3.8) is 0 Å². The molecule has 4 nitrogen and oxygen atoms in total. The molecular formula is C15H21N3O. The minimum atomic E-state index is 0.271. The smallest absolute Gasteiger partial charge is 0.203 e. The molecule has 19 heavy (non-hydrogen) atoms. The highest BCUT2D eigenvalue weighted by Crippen LogP contribution is 2.15. The molecule has 0 spiro atoms. The van der Waals surface area contributed by atoms with Gasteiger partial charge in [0, 0.05) is 26.0 Å². The number of benzene rings is 1. The van der Waals surface area contributed by atoms with E-state index in [0.717, 1.165) is 12.5 Å². The van der Waals surface area contributed by atoms with Crippen molar-refractivity contribution in [1.29, 1.82) is 0 Å². The van der Waals surface area contributed by atoms with Gasteiger partial charge in [-0.05, 0) is 19.4 Å². The number of methoxy groups -OCH3 is 1. The Balaban J connectivity index is 2.02. The Morgan fingerprint density at radius 2 is 2.26 bits per heavy atom. The van der Waals surface area contributed by atoms with Crippen molar-refractivity contribution in [1.82, 2.24) is 9.55 Å². The molecule has 0 aliphatic carbocycles. The molecule has 1 heterocycles. The molecule has 1 aromatic heterocycles. The van der Waals surface area contributed by atoms with Gasteiger partial charge in [0.2, 0.25) is 5.95 Å². The molecule has 0 fully saturated rings. The van der Waals surface area contributed by atoms with Gasteiger partial charge in [0.15, 0.2) is 0 Å². The number of hydrogen-bond acceptors (Lipinski definition) is 3. The summed E-state index contributed by atoms with van der Waals surface area (Å²) >= 11 is 0. The first-order chi connectivity index (χ1) is 9.20. The van der Waals surface area contributed by atoms with E-state index in [0.29, 0.717) is 6.61 Å². The van der Waals surface area contributed by atoms with E-state index in [2.05, 4.69) is 53.0 Å². The Morgan fingerprint density at radius 1 is 1.42 bits per heavy atom. The molecule has 2 aromatic rings. The van der Waals surface area contributed by atoms with Crippen LogP contribution >= 0.6 is 0 Å². The van der Waals surface area contributed by atoms with Crippen LogP contribution in [0.25, 0.3) is 0 Å². The maximum Gasteiger partial charge on any atom is 0.203 e. The maximum atomic E-state index is 5.18. The van der Waals surface area contributed by atoms with Gasteiger partial charge in [-0.3, -0.25) is 0 Å². The topological polar surface area (TPSA) is 39.1 Å². The van der Waals surface area contributed by atoms with Crippen LogP contribution in [-0.4, -0.2) is 23.3 Å². The first-order valence-corrected chi connectivity index (χ1v) is 6.52. The van der Waals surface area contributed by atoms with E-state index < -0.39 is 0 Å². The van der Waals surface area contributed by atoms with Gasteiger partial charge in [-0.25, -0.2) is 4.98 Å². The van der Waals surface area contributed by atoms with Crippen LogP contribution in [0.5, 0.6) is 0 Å². The van der Waals surface area contributed by atoms with Gasteiger partial charge in [0.1, 0.15) is 0 Å². The molecule has 1 N–H and O–H groups in total. The normalized spacial score (nSPS) is 12.4. The minimum Gasteiger partial charge on any atom is -0.383 e. The van der Waals surface area contributed by atoms with Gasteiger partial charge in [-0.2, -0.15) is 0 Å². The number of aromatic nitrogens is 2. The first-order valence-electron chi connectivity index (χ1n) is 6.52. The SMILES string of the molecule is COCC(C)n1ccnc1NCc1cccc(C)c1. The third-order valence-electron chi connectivity index (χ3n) is 3.08. The van der Waals surface area contributed by atoms with Gasteiger partial charge in [0.05, 0.1) is 12.6 Å². The van der Waals surface area contributed by atoms with Crippen molar-refractivity contribution in [2.45, 2.75) is 26.4 Å². The number of rotatable bonds is 6. The quantitative estimate of drug-likeness (QED) is 0.866. The Hall–Kier alpha value is -1.81. The highest BCUT2D eigenvalue weighted by Gasteiger charge is 2.09. The first kappa shape index (κ1) is 13.6. The fraction of sp³-hybridized carbons (Fsp3) is 0.400. The molecule has 4 heteroatoms. The fourth-order valence-corrected chi connectivity index (χ4v) is 2.13. The monoisotopic (exact) mass is 259 g/mol. The lowest BCUT2D eigenvalue weighted by Gasteiger charge is -2.16. The average molecular weight is 259 g/mol. The minimum absolute atomic E-state index is 0.271. The lowest BCUT2D eigenvalue weighted by Crippen LogP contribution is -2.14. The van der Waals surface area contributed by atoms with Gasteiger partial charge in [0.25, 0.3) is 0 Å². The summed E-state index contributed by atoms with van der Waals surface area (Å²) < 4.78 is 7.28. The molecule has 1 aromatic carbocycles. The Bertz CT molecular complexity index is 522. The third kappa shape index (κ3) is 3.58. The van der Waals surface area contributed by atoms with Crippen molar-refractivity contribution < 1.29 is 4.74 Å². The second kappa shape index (κ2) is 6.38. The van der Waals surface area contributed by atoms with Crippen molar-refractivity contribution in [3.8, 4) is 0 Å². The summed E-state index contributed by atoms with van der Waals surface area (Å²) in [5.74, 6) is 0.881. The summed E-state index contributed by atoms with van der Waals surface area (Å²) in [6.07, 6.45) is 3.78. The van der Waals surface area contributed by atoms with Crippen LogP contribution in [0.15, 0.2) is 36.7 Å². The summed E-state index contributed by atoms with van der Waals surface area (Å²) in [5, 5.41) is 3.37. The summed E-state index contributed by atoms with van der Waals surface area (Å²) in [6.45, 7) is 5.67. The standard InChI is InChI=1S/C15H21N3O/c1-12-5-4-6-14(9-12)10-17-15-16-7-8-18(15)13(2)11-19-3/h4-9,13H,10-11H2,1-3H3,(H,16,17). The van der Waals surface area contributed by atoms with E-state index in [4.69, 9.17) is 4.74 Å². The van der Waals surface area contributed by atoms with Crippen LogP contribution in [0, 0.1) is 6.92 Å². The second-order valence-corrected chi connectivity index (χ2v) is 4.81. The van der Waals surface area contributed by atoms with Crippen molar-refractivity contribution in [3.05, 3.63) is 47.8 Å². The lowest BCUT2D eigenvalue weighted by atomic mass is 10.1. The Labute approximate surface area is 114 Å². The number of imidazole rings is 1. The van der Waals surface area contributed by atoms with Crippen LogP contribution < -0.4 is 5.32 Å². The summed E-state index contributed by atoms with van der Waals surface area (Å²) in [5.41, 5.74) is 2.53. The van der Waals surface area contributed by atoms with Crippen molar-refractivity contribution in [2.75, 3.05) is 19.0 Å². The predicted octanol–water partition coefficient (Wildman–Crippen LogP) is 3.01. The number of ether oxygens (including phenoxy) is 1. The molecule has 0 saturated carbocycles. The van der Waals surface area contributed by atoms with E-state index in [1.54, 1.807) is 7.11 Å². The summed E-state index contributed by atoms with van der Waals surface area (Å²) in [7, 11) is 1.72. The molecular weight excluding hydrogens is 238 g/mol. The number of aryl methyl sites for hydroxylation is 1. The molecule has 0 aliphatic rings. The maximum absolute atomic E-state index is 5.18. The lowest BCUT2D eigenvalue weighted by molar-refractivity contribution is 0.163. The molecule has 0 amide bonds. The largest absolute Gasteiger partial charge is 0.383 e. The van der Waals surface area contributed by atoms with Crippen LogP contribution in [0.1, 0.15) is 24.1 Å². The molecule has 0 saturated heterocycles. The third-order valence-corrected chi connectivity index (χ3v) is 3.08. The zero-order valence-corrected chi connectivity index (χ0v) is 11.8. The zero-order chi connectivity index (χ0) is 13.7. The highest BCUT2D eigenvalue weighted by molar-refractivity contribution is 5.31. The van der Waals surface area contributed by atoms with E-state index >= 15 is 0 Å². The van der Waals surface area contributed by atoms with E-state index in [9.17, 15) is 0 Å². The summed E-state index contributed by atoms with van der Waals surface area (Å²) in [6, 6.07) is 8.75. The molecule has 0 bridgehead atoms. The van der Waals surface area contributed by atoms with E-state index in [1.807, 2.05) is 12.4 Å². The molecule has 0 radical (unpaired) electrons. The highest BCUT2D eigenvalue weighted by atomic mass is 16.5. The molecule has 0 aliphatic heterocycles. The number of hydrogen-bond donors (Lipinski definition) is 1. The number of nitrogens with one attached hydrogen (secondary N) is 1. The van der Waals surface area contributed by atoms with Gasteiger partial charge >= 0.3 is 0 Å². The van der Waals surface area contributed by atoms with Crippen molar-refractivity contribution >= 4 is 5.95 Å². The van der Waals surface area contributed by atoms with E-state index in [-0.39, 0.29) is 6.04 Å². The predicted molar refractivity (Wildman–Crippen MR) is 77.3 cm³/mol. The van der Waals surface area contributed by atoms with E-state index in [1.165, 1.54) is 11.1 Å². The zero-order valence-electron chi connectivity index (χ0n) is 11.8. The Kier molecular flexibility index (Phi) is 4.58. The molecule has 102 valence electrons. The average Bonchev–Trinajstić information content (AvgIpc) is 2.85. The number of nitrogens with zero attached hydrogens (tertiary/aromatic N) is 2. The molecule has 1 unspecified atom stereocenters. The molecule has 1 atom stereocenters. The Morgan fingerprint density at radius 3 is 3.00 bits per heavy atom. The fourth-order valence-electron chi connectivity index (χ4n) is 2.13. The summed E-state index contributed by atoms with van der Waals surface area (Å²) in [4.78, 5) is 4.35. The van der Waals surface area contributed by atoms with Gasteiger partial charge in [-0.15, -0.1) is 0 Å². The molecule has 2 rings (SSSR count). The van der Waals surface area contributed by atoms with Crippen LogP contribution in [-0.2, 0) is 11.3 Å². The van der Waals surface area contributed by atoms with Gasteiger partial charge in [-0.1, -0.05) is 29.8 Å². The second-order valence-electron chi connectivity index (χ2n) is 4.81.